The Labute approximate surface area is 107 Å². The third-order valence-corrected chi connectivity index (χ3v) is 3.35. The van der Waals surface area contributed by atoms with Gasteiger partial charge in [-0.1, -0.05) is 25.7 Å². The smallest absolute Gasteiger partial charge is 0.270 e. The summed E-state index contributed by atoms with van der Waals surface area (Å²) in [6.45, 7) is 0. The van der Waals surface area contributed by atoms with Crippen LogP contribution in [0.25, 0.3) is 0 Å². The second kappa shape index (κ2) is 6.35. The maximum atomic E-state index is 12.0. The minimum Gasteiger partial charge on any atom is -0.348 e. The summed E-state index contributed by atoms with van der Waals surface area (Å²) in [5.74, 6) is 5.16. The molecule has 2 rings (SSSR count). The number of amides is 1. The fourth-order valence-corrected chi connectivity index (χ4v) is 2.30. The van der Waals surface area contributed by atoms with Crippen LogP contribution < -0.4 is 16.6 Å². The molecule has 4 N–H and O–H groups in total. The number of rotatable bonds is 3. The van der Waals surface area contributed by atoms with Crippen molar-refractivity contribution in [2.75, 3.05) is 5.43 Å². The molecule has 1 amide bonds. The number of hydrogen-bond donors (Lipinski definition) is 3. The van der Waals surface area contributed by atoms with Gasteiger partial charge in [0.15, 0.2) is 0 Å². The van der Waals surface area contributed by atoms with Crippen molar-refractivity contribution in [2.24, 2.45) is 5.84 Å². The van der Waals surface area contributed by atoms with Crippen LogP contribution in [0.5, 0.6) is 0 Å². The van der Waals surface area contributed by atoms with Crippen molar-refractivity contribution in [3.63, 3.8) is 0 Å². The molecule has 0 atom stereocenters. The molecule has 0 aliphatic heterocycles. The van der Waals surface area contributed by atoms with Crippen molar-refractivity contribution in [2.45, 2.75) is 44.6 Å². The number of carbonyl (C=O) groups excluding carboxylic acids is 1. The molecule has 1 aliphatic rings. The number of anilines is 1. The van der Waals surface area contributed by atoms with Gasteiger partial charge >= 0.3 is 0 Å². The lowest BCUT2D eigenvalue weighted by Crippen LogP contribution is -2.34. The Morgan fingerprint density at radius 1 is 1.22 bits per heavy atom. The number of hydrogen-bond acceptors (Lipinski definition) is 4. The van der Waals surface area contributed by atoms with Crippen molar-refractivity contribution < 1.29 is 4.79 Å². The van der Waals surface area contributed by atoms with Crippen LogP contribution in [-0.2, 0) is 0 Å². The minimum absolute atomic E-state index is 0.0922. The van der Waals surface area contributed by atoms with Crippen molar-refractivity contribution >= 4 is 11.6 Å². The molecule has 1 aromatic rings. The van der Waals surface area contributed by atoms with Gasteiger partial charge in [0.2, 0.25) is 0 Å². The number of pyridine rings is 1. The van der Waals surface area contributed by atoms with E-state index in [1.54, 1.807) is 18.3 Å². The first-order valence-electron chi connectivity index (χ1n) is 6.53. The predicted molar refractivity (Wildman–Crippen MR) is 71.0 cm³/mol. The second-order valence-corrected chi connectivity index (χ2v) is 4.74. The van der Waals surface area contributed by atoms with Crippen molar-refractivity contribution in [1.29, 1.82) is 0 Å². The summed E-state index contributed by atoms with van der Waals surface area (Å²) in [5, 5.41) is 3.06. The van der Waals surface area contributed by atoms with Gasteiger partial charge in [0.1, 0.15) is 5.69 Å². The Bertz CT molecular complexity index is 382. The van der Waals surface area contributed by atoms with Crippen molar-refractivity contribution in [3.8, 4) is 0 Å². The Morgan fingerprint density at radius 3 is 2.50 bits per heavy atom. The molecular formula is C13H20N4O. The van der Waals surface area contributed by atoms with E-state index in [-0.39, 0.29) is 5.91 Å². The molecule has 5 heteroatoms. The molecule has 18 heavy (non-hydrogen) atoms. The molecule has 98 valence electrons. The number of aromatic nitrogens is 1. The highest BCUT2D eigenvalue weighted by molar-refractivity contribution is 5.92. The monoisotopic (exact) mass is 248 g/mol. The third kappa shape index (κ3) is 3.43. The predicted octanol–water partition coefficient (Wildman–Crippen LogP) is 1.82. The molecule has 0 bridgehead atoms. The van der Waals surface area contributed by atoms with E-state index in [0.29, 0.717) is 17.4 Å². The van der Waals surface area contributed by atoms with Crippen LogP contribution in [0.2, 0.25) is 0 Å². The fourth-order valence-electron chi connectivity index (χ4n) is 2.30. The van der Waals surface area contributed by atoms with Crippen molar-refractivity contribution in [3.05, 3.63) is 24.0 Å². The van der Waals surface area contributed by atoms with Gasteiger partial charge in [-0.2, -0.15) is 0 Å². The fraction of sp³-hybridized carbons (Fsp3) is 0.538. The summed E-state index contributed by atoms with van der Waals surface area (Å²) < 4.78 is 0. The molecule has 1 fully saturated rings. The summed E-state index contributed by atoms with van der Waals surface area (Å²) in [4.78, 5) is 16.1. The van der Waals surface area contributed by atoms with Crippen LogP contribution in [0.4, 0.5) is 5.69 Å². The third-order valence-electron chi connectivity index (χ3n) is 3.35. The lowest BCUT2D eigenvalue weighted by atomic mass is 10.1. The molecular weight excluding hydrogens is 228 g/mol. The van der Waals surface area contributed by atoms with Crippen LogP contribution in [0.1, 0.15) is 49.0 Å². The van der Waals surface area contributed by atoms with E-state index in [1.165, 1.54) is 25.7 Å². The summed E-state index contributed by atoms with van der Waals surface area (Å²) in [6.07, 6.45) is 8.68. The first-order chi connectivity index (χ1) is 8.79. The summed E-state index contributed by atoms with van der Waals surface area (Å²) in [5.41, 5.74) is 3.63. The second-order valence-electron chi connectivity index (χ2n) is 4.74. The number of nitrogens with zero attached hydrogens (tertiary/aromatic N) is 1. The Morgan fingerprint density at radius 2 is 1.94 bits per heavy atom. The van der Waals surface area contributed by atoms with Gasteiger partial charge in [0.25, 0.3) is 5.91 Å². The number of hydrazine groups is 1. The molecule has 0 aromatic carbocycles. The molecule has 0 unspecified atom stereocenters. The standard InChI is InChI=1S/C13H20N4O/c14-17-11-7-8-12(15-9-11)13(18)16-10-5-3-1-2-4-6-10/h7-10,17H,1-6,14H2,(H,16,18). The van der Waals surface area contributed by atoms with Crippen LogP contribution in [0.15, 0.2) is 18.3 Å². The highest BCUT2D eigenvalue weighted by Crippen LogP contribution is 2.17. The normalized spacial score (nSPS) is 16.9. The molecule has 1 heterocycles. The van der Waals surface area contributed by atoms with E-state index in [1.807, 2.05) is 0 Å². The van der Waals surface area contributed by atoms with E-state index in [2.05, 4.69) is 15.7 Å². The number of nitrogen functional groups attached to an aromatic ring is 1. The lowest BCUT2D eigenvalue weighted by molar-refractivity contribution is 0.0928. The van der Waals surface area contributed by atoms with E-state index in [4.69, 9.17) is 5.84 Å². The molecule has 0 radical (unpaired) electrons. The zero-order chi connectivity index (χ0) is 12.8. The van der Waals surface area contributed by atoms with Gasteiger partial charge in [-0.05, 0) is 25.0 Å². The number of nitrogens with one attached hydrogen (secondary N) is 2. The largest absolute Gasteiger partial charge is 0.348 e. The average Bonchev–Trinajstić information content (AvgIpc) is 2.67. The van der Waals surface area contributed by atoms with E-state index in [0.717, 1.165) is 12.8 Å². The number of nitrogens with two attached hydrogens (primary N) is 1. The summed E-state index contributed by atoms with van der Waals surface area (Å²) >= 11 is 0. The molecule has 0 saturated heterocycles. The Balaban J connectivity index is 1.93. The quantitative estimate of drug-likeness (QED) is 0.433. The minimum atomic E-state index is -0.0922. The molecule has 1 saturated carbocycles. The van der Waals surface area contributed by atoms with Crippen LogP contribution in [-0.4, -0.2) is 16.9 Å². The zero-order valence-corrected chi connectivity index (χ0v) is 10.5. The van der Waals surface area contributed by atoms with Crippen LogP contribution in [0.3, 0.4) is 0 Å². The number of carbonyl (C=O) groups is 1. The first-order valence-corrected chi connectivity index (χ1v) is 6.53. The van der Waals surface area contributed by atoms with Crippen LogP contribution >= 0.6 is 0 Å². The Hall–Kier alpha value is -1.62. The van der Waals surface area contributed by atoms with Gasteiger partial charge in [0, 0.05) is 6.04 Å². The summed E-state index contributed by atoms with van der Waals surface area (Å²) in [7, 11) is 0. The molecule has 0 spiro atoms. The van der Waals surface area contributed by atoms with Gasteiger partial charge < -0.3 is 10.7 Å². The summed E-state index contributed by atoms with van der Waals surface area (Å²) in [6, 6.07) is 3.73. The average molecular weight is 248 g/mol. The van der Waals surface area contributed by atoms with Gasteiger partial charge in [-0.15, -0.1) is 0 Å². The Kier molecular flexibility index (Phi) is 4.52. The van der Waals surface area contributed by atoms with E-state index in [9.17, 15) is 4.79 Å². The molecule has 1 aromatic heterocycles. The maximum absolute atomic E-state index is 12.0. The van der Waals surface area contributed by atoms with Crippen molar-refractivity contribution in [1.82, 2.24) is 10.3 Å². The lowest BCUT2D eigenvalue weighted by Gasteiger charge is -2.15. The molecule has 5 nitrogen and oxygen atoms in total. The van der Waals surface area contributed by atoms with Gasteiger partial charge in [-0.3, -0.25) is 10.6 Å². The maximum Gasteiger partial charge on any atom is 0.270 e. The van der Waals surface area contributed by atoms with Gasteiger partial charge in [-0.25, -0.2) is 4.98 Å². The zero-order valence-electron chi connectivity index (χ0n) is 10.5. The SMILES string of the molecule is NNc1ccc(C(=O)NC2CCCCCC2)nc1. The van der Waals surface area contributed by atoms with E-state index >= 15 is 0 Å². The first kappa shape index (κ1) is 12.8. The highest BCUT2D eigenvalue weighted by Gasteiger charge is 2.16. The van der Waals surface area contributed by atoms with Gasteiger partial charge in [0.05, 0.1) is 11.9 Å². The van der Waals surface area contributed by atoms with Crippen LogP contribution in [0, 0.1) is 0 Å². The van der Waals surface area contributed by atoms with E-state index < -0.39 is 0 Å². The topological polar surface area (TPSA) is 80.0 Å². The highest BCUT2D eigenvalue weighted by atomic mass is 16.1. The molecule has 1 aliphatic carbocycles.